The summed E-state index contributed by atoms with van der Waals surface area (Å²) >= 11 is 6.54. The number of esters is 1. The second-order valence-electron chi connectivity index (χ2n) is 8.51. The molecule has 3 rings (SSSR count). The zero-order valence-corrected chi connectivity index (χ0v) is 21.7. The highest BCUT2D eigenvalue weighted by atomic mass is 35.5. The van der Waals surface area contributed by atoms with E-state index in [1.807, 2.05) is 26.8 Å². The summed E-state index contributed by atoms with van der Waals surface area (Å²) < 4.78 is 33.4. The fourth-order valence-electron chi connectivity index (χ4n) is 3.96. The van der Waals surface area contributed by atoms with Gasteiger partial charge in [-0.05, 0) is 49.9 Å². The van der Waals surface area contributed by atoms with Gasteiger partial charge >= 0.3 is 5.97 Å². The molecule has 8 nitrogen and oxygen atoms in total. The zero-order valence-electron chi connectivity index (χ0n) is 20.1. The highest BCUT2D eigenvalue weighted by Crippen LogP contribution is 2.28. The van der Waals surface area contributed by atoms with E-state index in [1.165, 1.54) is 16.4 Å². The van der Waals surface area contributed by atoms with Gasteiger partial charge in [-0.3, -0.25) is 9.78 Å². The molecule has 0 spiro atoms. The van der Waals surface area contributed by atoms with E-state index >= 15 is 0 Å². The van der Waals surface area contributed by atoms with Crippen LogP contribution in [0.4, 0.5) is 0 Å². The lowest BCUT2D eigenvalue weighted by atomic mass is 10.0. The van der Waals surface area contributed by atoms with E-state index in [0.29, 0.717) is 17.9 Å². The van der Waals surface area contributed by atoms with Gasteiger partial charge in [-0.2, -0.15) is 4.31 Å². The first kappa shape index (κ1) is 26.1. The molecule has 0 aliphatic heterocycles. The highest BCUT2D eigenvalue weighted by molar-refractivity contribution is 7.89. The first-order valence-corrected chi connectivity index (χ1v) is 13.2. The number of fused-ring (bicyclic) bond motifs is 1. The van der Waals surface area contributed by atoms with Gasteiger partial charge in [0.2, 0.25) is 10.0 Å². The van der Waals surface area contributed by atoms with E-state index in [-0.39, 0.29) is 24.0 Å². The van der Waals surface area contributed by atoms with Crippen molar-refractivity contribution in [3.63, 3.8) is 0 Å². The summed E-state index contributed by atoms with van der Waals surface area (Å²) in [5.74, 6) is 0.345. The second kappa shape index (κ2) is 10.8. The predicted octanol–water partition coefficient (Wildman–Crippen LogP) is 4.50. The number of likely N-dealkylation sites (N-methyl/N-ethyl adjacent to an activating group) is 1. The fraction of sp³-hybridized carbons (Fsp3) is 0.458. The van der Waals surface area contributed by atoms with Crippen LogP contribution in [0.2, 0.25) is 5.02 Å². The van der Waals surface area contributed by atoms with Gasteiger partial charge in [-0.25, -0.2) is 13.4 Å². The summed E-state index contributed by atoms with van der Waals surface area (Å²) in [6.07, 6.45) is 2.46. The molecular formula is C24H31ClN4O4S. The molecule has 0 radical (unpaired) electrons. The molecule has 3 aromatic rings. The molecule has 0 aliphatic rings. The summed E-state index contributed by atoms with van der Waals surface area (Å²) in [5.41, 5.74) is 3.12. The molecule has 0 saturated heterocycles. The van der Waals surface area contributed by atoms with Crippen molar-refractivity contribution in [1.82, 2.24) is 19.3 Å². The average Bonchev–Trinajstić information content (AvgIpc) is 3.15. The Morgan fingerprint density at radius 3 is 2.59 bits per heavy atom. The smallest absolute Gasteiger partial charge is 0.324 e. The molecule has 1 atom stereocenters. The van der Waals surface area contributed by atoms with Crippen molar-refractivity contribution in [3.05, 3.63) is 52.6 Å². The van der Waals surface area contributed by atoms with Crippen LogP contribution in [0.25, 0.3) is 11.0 Å². The number of ether oxygens (including phenoxy) is 1. The Balaban J connectivity index is 1.93. The predicted molar refractivity (Wildman–Crippen MR) is 132 cm³/mol. The molecule has 0 saturated carbocycles. The molecule has 184 valence electrons. The van der Waals surface area contributed by atoms with Gasteiger partial charge in [-0.1, -0.05) is 38.4 Å². The Labute approximate surface area is 205 Å². The minimum Gasteiger partial charge on any atom is -0.465 e. The van der Waals surface area contributed by atoms with Crippen molar-refractivity contribution in [2.45, 2.75) is 58.4 Å². The molecule has 1 aromatic carbocycles. The summed E-state index contributed by atoms with van der Waals surface area (Å²) in [6.45, 7) is 9.47. The van der Waals surface area contributed by atoms with Crippen LogP contribution < -0.4 is 0 Å². The minimum atomic E-state index is -3.99. The van der Waals surface area contributed by atoms with Gasteiger partial charge in [0, 0.05) is 24.2 Å². The summed E-state index contributed by atoms with van der Waals surface area (Å²) in [7, 11) is -3.99. The number of imidazole rings is 1. The van der Waals surface area contributed by atoms with Gasteiger partial charge in [0.15, 0.2) is 0 Å². The van der Waals surface area contributed by atoms with Gasteiger partial charge < -0.3 is 9.72 Å². The summed E-state index contributed by atoms with van der Waals surface area (Å²) in [6, 6.07) is 5.59. The number of rotatable bonds is 10. The molecule has 2 heterocycles. The number of aromatic nitrogens is 3. The van der Waals surface area contributed by atoms with Crippen LogP contribution in [0.5, 0.6) is 0 Å². The summed E-state index contributed by atoms with van der Waals surface area (Å²) in [5, 5.41) is 0.305. The van der Waals surface area contributed by atoms with E-state index in [2.05, 4.69) is 15.0 Å². The SMILES string of the molecule is CCOC(=O)[C@H](CC(C)C)N(CC)S(=O)(=O)c1ccc(Cc2nccc3[nH]c(C)nc23)c(Cl)c1. The number of hydrogen-bond acceptors (Lipinski definition) is 6. The number of H-pyrrole nitrogens is 1. The molecule has 2 aromatic heterocycles. The lowest BCUT2D eigenvalue weighted by molar-refractivity contribution is -0.148. The van der Waals surface area contributed by atoms with Crippen LogP contribution in [0.15, 0.2) is 35.4 Å². The molecule has 0 amide bonds. The molecule has 10 heteroatoms. The third-order valence-corrected chi connectivity index (χ3v) is 7.83. The Kier molecular flexibility index (Phi) is 8.33. The van der Waals surface area contributed by atoms with Crippen molar-refractivity contribution < 1.29 is 17.9 Å². The number of pyridine rings is 1. The zero-order chi connectivity index (χ0) is 25.0. The third kappa shape index (κ3) is 5.59. The van der Waals surface area contributed by atoms with Crippen molar-refractivity contribution >= 4 is 38.6 Å². The average molecular weight is 507 g/mol. The van der Waals surface area contributed by atoms with Crippen molar-refractivity contribution in [2.75, 3.05) is 13.2 Å². The molecular weight excluding hydrogens is 476 g/mol. The van der Waals surface area contributed by atoms with E-state index in [4.69, 9.17) is 16.3 Å². The van der Waals surface area contributed by atoms with Gasteiger partial charge in [0.25, 0.3) is 0 Å². The number of nitrogens with zero attached hydrogens (tertiary/aromatic N) is 3. The van der Waals surface area contributed by atoms with Crippen LogP contribution in [-0.2, 0) is 26.0 Å². The largest absolute Gasteiger partial charge is 0.465 e. The van der Waals surface area contributed by atoms with Crippen LogP contribution >= 0.6 is 11.6 Å². The van der Waals surface area contributed by atoms with Gasteiger partial charge in [0.1, 0.15) is 17.4 Å². The molecule has 0 bridgehead atoms. The quantitative estimate of drug-likeness (QED) is 0.406. The third-order valence-electron chi connectivity index (χ3n) is 5.50. The van der Waals surface area contributed by atoms with Gasteiger partial charge in [0.05, 0.1) is 22.7 Å². The van der Waals surface area contributed by atoms with E-state index in [0.717, 1.165) is 28.1 Å². The van der Waals surface area contributed by atoms with Crippen molar-refractivity contribution in [3.8, 4) is 0 Å². The minimum absolute atomic E-state index is 0.0305. The maximum absolute atomic E-state index is 13.5. The fourth-order valence-corrected chi connectivity index (χ4v) is 5.90. The topological polar surface area (TPSA) is 105 Å². The summed E-state index contributed by atoms with van der Waals surface area (Å²) in [4.78, 5) is 24.8. The number of carbonyl (C=O) groups excluding carboxylic acids is 1. The first-order chi connectivity index (χ1) is 16.1. The number of benzene rings is 1. The lowest BCUT2D eigenvalue weighted by Gasteiger charge is -2.29. The molecule has 34 heavy (non-hydrogen) atoms. The number of nitrogens with one attached hydrogen (secondary N) is 1. The van der Waals surface area contributed by atoms with Crippen LogP contribution in [0.3, 0.4) is 0 Å². The van der Waals surface area contributed by atoms with Crippen LogP contribution in [0, 0.1) is 12.8 Å². The molecule has 0 aliphatic carbocycles. The van der Waals surface area contributed by atoms with Crippen LogP contribution in [-0.4, -0.2) is 52.8 Å². The Hall–Kier alpha value is -2.49. The number of sulfonamides is 1. The molecule has 0 fully saturated rings. The van der Waals surface area contributed by atoms with Crippen molar-refractivity contribution in [1.29, 1.82) is 0 Å². The Morgan fingerprint density at radius 2 is 1.97 bits per heavy atom. The van der Waals surface area contributed by atoms with E-state index in [1.54, 1.807) is 26.1 Å². The highest BCUT2D eigenvalue weighted by Gasteiger charge is 2.36. The van der Waals surface area contributed by atoms with Gasteiger partial charge in [-0.15, -0.1) is 0 Å². The maximum atomic E-state index is 13.5. The number of carbonyl (C=O) groups is 1. The standard InChI is InChI=1S/C24H31ClN4O4S/c1-6-29(22(12-15(3)4)24(30)33-7-2)34(31,32)18-9-8-17(19(25)14-18)13-21-23-20(10-11-26-21)27-16(5)28-23/h8-11,14-15,22H,6-7,12-13H2,1-5H3,(H,27,28)/t22-/m0/s1. The number of halogens is 1. The van der Waals surface area contributed by atoms with E-state index < -0.39 is 22.0 Å². The molecule has 0 unspecified atom stereocenters. The van der Waals surface area contributed by atoms with Crippen molar-refractivity contribution in [2.24, 2.45) is 5.92 Å². The first-order valence-electron chi connectivity index (χ1n) is 11.4. The number of aryl methyl sites for hydroxylation is 1. The molecule has 1 N–H and O–H groups in total. The maximum Gasteiger partial charge on any atom is 0.324 e. The number of aromatic amines is 1. The van der Waals surface area contributed by atoms with Crippen LogP contribution in [0.1, 0.15) is 51.2 Å². The second-order valence-corrected chi connectivity index (χ2v) is 10.8. The Bertz CT molecular complexity index is 1270. The normalized spacial score (nSPS) is 13.1. The Morgan fingerprint density at radius 1 is 1.24 bits per heavy atom. The lowest BCUT2D eigenvalue weighted by Crippen LogP contribution is -2.46. The van der Waals surface area contributed by atoms with E-state index in [9.17, 15) is 13.2 Å². The monoisotopic (exact) mass is 506 g/mol. The number of hydrogen-bond donors (Lipinski definition) is 1.